The molecule has 0 saturated carbocycles. The van der Waals surface area contributed by atoms with Crippen LogP contribution in [0.3, 0.4) is 0 Å². The number of halogens is 1. The third-order valence-electron chi connectivity index (χ3n) is 3.13. The minimum atomic E-state index is 0.644. The Balaban J connectivity index is 2.30. The zero-order chi connectivity index (χ0) is 13.3. The number of hydrogen-bond acceptors (Lipinski definition) is 2. The lowest BCUT2D eigenvalue weighted by molar-refractivity contribution is 0.482. The van der Waals surface area contributed by atoms with Crippen molar-refractivity contribution >= 4 is 22.6 Å². The number of rotatable bonds is 4. The summed E-state index contributed by atoms with van der Waals surface area (Å²) in [6.07, 6.45) is 0. The molecular formula is C15H20ClNO. The first kappa shape index (κ1) is 13.4. The maximum absolute atomic E-state index is 6.09. The van der Waals surface area contributed by atoms with E-state index in [9.17, 15) is 0 Å². The highest BCUT2D eigenvalue weighted by molar-refractivity contribution is 6.31. The fourth-order valence-electron chi connectivity index (χ4n) is 2.14. The number of furan rings is 1. The molecule has 0 spiro atoms. The average molecular weight is 266 g/mol. The van der Waals surface area contributed by atoms with Crippen LogP contribution in [0.2, 0.25) is 5.02 Å². The second kappa shape index (κ2) is 5.33. The van der Waals surface area contributed by atoms with E-state index in [2.05, 4.69) is 26.1 Å². The van der Waals surface area contributed by atoms with E-state index in [1.165, 1.54) is 5.56 Å². The van der Waals surface area contributed by atoms with Crippen LogP contribution in [0.25, 0.3) is 11.0 Å². The van der Waals surface area contributed by atoms with Crippen LogP contribution in [0.15, 0.2) is 16.5 Å². The van der Waals surface area contributed by atoms with Gasteiger partial charge >= 0.3 is 0 Å². The second-order valence-corrected chi connectivity index (χ2v) is 5.71. The van der Waals surface area contributed by atoms with Gasteiger partial charge in [0.1, 0.15) is 11.3 Å². The molecule has 1 N–H and O–H groups in total. The van der Waals surface area contributed by atoms with Crippen LogP contribution in [0.5, 0.6) is 0 Å². The molecule has 0 amide bonds. The first-order valence-electron chi connectivity index (χ1n) is 6.38. The molecule has 1 aromatic heterocycles. The van der Waals surface area contributed by atoms with Gasteiger partial charge in [0, 0.05) is 10.4 Å². The van der Waals surface area contributed by atoms with Crippen LogP contribution in [0, 0.1) is 19.8 Å². The topological polar surface area (TPSA) is 25.2 Å². The van der Waals surface area contributed by atoms with Crippen molar-refractivity contribution in [2.24, 2.45) is 5.92 Å². The molecule has 1 aromatic carbocycles. The number of hydrogen-bond donors (Lipinski definition) is 1. The summed E-state index contributed by atoms with van der Waals surface area (Å²) in [5.74, 6) is 1.65. The molecule has 0 fully saturated rings. The predicted octanol–water partition coefficient (Wildman–Crippen LogP) is 4.45. The van der Waals surface area contributed by atoms with E-state index in [4.69, 9.17) is 16.0 Å². The number of aryl methyl sites for hydroxylation is 2. The lowest BCUT2D eigenvalue weighted by Gasteiger charge is -2.05. The molecule has 0 radical (unpaired) electrons. The van der Waals surface area contributed by atoms with E-state index in [0.717, 1.165) is 40.4 Å². The maximum atomic E-state index is 6.09. The van der Waals surface area contributed by atoms with E-state index in [-0.39, 0.29) is 0 Å². The monoisotopic (exact) mass is 265 g/mol. The highest BCUT2D eigenvalue weighted by atomic mass is 35.5. The zero-order valence-corrected chi connectivity index (χ0v) is 12.2. The molecule has 0 aliphatic rings. The van der Waals surface area contributed by atoms with E-state index in [0.29, 0.717) is 5.92 Å². The lowest BCUT2D eigenvalue weighted by Crippen LogP contribution is -2.18. The van der Waals surface area contributed by atoms with Crippen molar-refractivity contribution in [1.82, 2.24) is 5.32 Å². The summed E-state index contributed by atoms with van der Waals surface area (Å²) in [7, 11) is 0. The molecule has 2 nitrogen and oxygen atoms in total. The number of nitrogens with one attached hydrogen (secondary N) is 1. The summed E-state index contributed by atoms with van der Waals surface area (Å²) in [4.78, 5) is 0. The lowest BCUT2D eigenvalue weighted by atomic mass is 10.1. The Morgan fingerprint density at radius 2 is 2.00 bits per heavy atom. The largest absolute Gasteiger partial charge is 0.459 e. The van der Waals surface area contributed by atoms with Gasteiger partial charge < -0.3 is 9.73 Å². The first-order valence-corrected chi connectivity index (χ1v) is 6.75. The molecule has 18 heavy (non-hydrogen) atoms. The van der Waals surface area contributed by atoms with Gasteiger partial charge in [-0.3, -0.25) is 0 Å². The Hall–Kier alpha value is -0.990. The van der Waals surface area contributed by atoms with Crippen molar-refractivity contribution in [3.05, 3.63) is 34.0 Å². The van der Waals surface area contributed by atoms with E-state index < -0.39 is 0 Å². The third-order valence-corrected chi connectivity index (χ3v) is 3.34. The minimum absolute atomic E-state index is 0.644. The Morgan fingerprint density at radius 1 is 1.28 bits per heavy atom. The predicted molar refractivity (Wildman–Crippen MR) is 77.2 cm³/mol. The highest BCUT2D eigenvalue weighted by Gasteiger charge is 2.12. The van der Waals surface area contributed by atoms with Gasteiger partial charge in [-0.15, -0.1) is 0 Å². The second-order valence-electron chi connectivity index (χ2n) is 5.27. The van der Waals surface area contributed by atoms with Gasteiger partial charge in [0.2, 0.25) is 0 Å². The SMILES string of the molecule is Cc1c(CNCC(C)C)oc2c(C)cc(Cl)cc12. The van der Waals surface area contributed by atoms with Crippen LogP contribution >= 0.6 is 11.6 Å². The van der Waals surface area contributed by atoms with Crippen molar-refractivity contribution in [3.63, 3.8) is 0 Å². The van der Waals surface area contributed by atoms with E-state index >= 15 is 0 Å². The fourth-order valence-corrected chi connectivity index (χ4v) is 2.41. The average Bonchev–Trinajstić information content (AvgIpc) is 2.57. The van der Waals surface area contributed by atoms with Crippen LogP contribution < -0.4 is 5.32 Å². The van der Waals surface area contributed by atoms with Crippen LogP contribution in [-0.2, 0) is 6.54 Å². The Labute approximate surface area is 113 Å². The standard InChI is InChI=1S/C15H20ClNO/c1-9(2)7-17-8-14-11(4)13-6-12(16)5-10(3)15(13)18-14/h5-6,9,17H,7-8H2,1-4H3. The molecule has 0 bridgehead atoms. The van der Waals surface area contributed by atoms with Gasteiger partial charge in [-0.2, -0.15) is 0 Å². The summed E-state index contributed by atoms with van der Waals surface area (Å²) in [5, 5.41) is 5.31. The molecule has 0 unspecified atom stereocenters. The van der Waals surface area contributed by atoms with E-state index in [1.54, 1.807) is 0 Å². The summed E-state index contributed by atoms with van der Waals surface area (Å²) in [5.41, 5.74) is 3.24. The molecule has 2 aromatic rings. The highest BCUT2D eigenvalue weighted by Crippen LogP contribution is 2.30. The third kappa shape index (κ3) is 2.70. The van der Waals surface area contributed by atoms with Crippen LogP contribution in [0.1, 0.15) is 30.7 Å². The van der Waals surface area contributed by atoms with Crippen molar-refractivity contribution in [3.8, 4) is 0 Å². The van der Waals surface area contributed by atoms with Crippen molar-refractivity contribution in [1.29, 1.82) is 0 Å². The molecule has 3 heteroatoms. The smallest absolute Gasteiger partial charge is 0.137 e. The van der Waals surface area contributed by atoms with Crippen molar-refractivity contribution in [2.75, 3.05) is 6.54 Å². The Bertz CT molecular complexity index is 557. The van der Waals surface area contributed by atoms with Gasteiger partial charge in [0.15, 0.2) is 0 Å². The summed E-state index contributed by atoms with van der Waals surface area (Å²) >= 11 is 6.09. The molecule has 0 aliphatic carbocycles. The van der Waals surface area contributed by atoms with Gasteiger partial charge in [-0.05, 0) is 49.6 Å². The molecule has 1 heterocycles. The Morgan fingerprint density at radius 3 is 2.67 bits per heavy atom. The van der Waals surface area contributed by atoms with Crippen molar-refractivity contribution < 1.29 is 4.42 Å². The molecule has 2 rings (SSSR count). The summed E-state index contributed by atoms with van der Waals surface area (Å²) in [6, 6.07) is 3.92. The van der Waals surface area contributed by atoms with E-state index in [1.807, 2.05) is 19.1 Å². The molecule has 0 aliphatic heterocycles. The maximum Gasteiger partial charge on any atom is 0.137 e. The van der Waals surface area contributed by atoms with Crippen LogP contribution in [-0.4, -0.2) is 6.54 Å². The Kier molecular flexibility index (Phi) is 3.98. The normalized spacial score (nSPS) is 11.7. The van der Waals surface area contributed by atoms with Crippen molar-refractivity contribution in [2.45, 2.75) is 34.2 Å². The number of benzene rings is 1. The first-order chi connectivity index (χ1) is 8.49. The molecule has 0 atom stereocenters. The molecule has 0 saturated heterocycles. The fraction of sp³-hybridized carbons (Fsp3) is 0.467. The zero-order valence-electron chi connectivity index (χ0n) is 11.4. The summed E-state index contributed by atoms with van der Waals surface area (Å²) in [6.45, 7) is 10.3. The quantitative estimate of drug-likeness (QED) is 0.884. The minimum Gasteiger partial charge on any atom is -0.459 e. The molecule has 98 valence electrons. The van der Waals surface area contributed by atoms with Gasteiger partial charge in [0.25, 0.3) is 0 Å². The van der Waals surface area contributed by atoms with Gasteiger partial charge in [-0.1, -0.05) is 25.4 Å². The van der Waals surface area contributed by atoms with Gasteiger partial charge in [-0.25, -0.2) is 0 Å². The molecular weight excluding hydrogens is 246 g/mol. The van der Waals surface area contributed by atoms with Gasteiger partial charge in [0.05, 0.1) is 6.54 Å². The summed E-state index contributed by atoms with van der Waals surface area (Å²) < 4.78 is 5.95. The number of fused-ring (bicyclic) bond motifs is 1. The van der Waals surface area contributed by atoms with Crippen LogP contribution in [0.4, 0.5) is 0 Å².